The normalized spacial score (nSPS) is 12.6. The average Bonchev–Trinajstić information content (AvgIpc) is 2.87. The maximum absolute atomic E-state index is 12.2. The molecule has 0 aliphatic heterocycles. The zero-order valence-electron chi connectivity index (χ0n) is 12.7. The van der Waals surface area contributed by atoms with E-state index in [4.69, 9.17) is 4.42 Å². The fourth-order valence-corrected chi connectivity index (χ4v) is 3.83. The predicted octanol–water partition coefficient (Wildman–Crippen LogP) is 4.28. The van der Waals surface area contributed by atoms with Crippen LogP contribution in [0.15, 0.2) is 59.0 Å². The molecule has 0 radical (unpaired) electrons. The van der Waals surface area contributed by atoms with Crippen LogP contribution in [0.25, 0.3) is 11.0 Å². The molecule has 0 aliphatic carbocycles. The topological polar surface area (TPSA) is 30.2 Å². The third kappa shape index (κ3) is 3.47. The second-order valence-electron chi connectivity index (χ2n) is 5.47. The van der Waals surface area contributed by atoms with Crippen LogP contribution in [0.1, 0.15) is 16.9 Å². The van der Waals surface area contributed by atoms with Crippen LogP contribution in [-0.4, -0.2) is 15.7 Å². The molecule has 2 aromatic carbocycles. The van der Waals surface area contributed by atoms with Crippen molar-refractivity contribution in [2.45, 2.75) is 19.8 Å². The van der Waals surface area contributed by atoms with Gasteiger partial charge >= 0.3 is 0 Å². The molecule has 0 spiro atoms. The SMILES string of the molecule is Cc1oc2ccccc2c1CCS(=O)CCc1ccccc1. The summed E-state index contributed by atoms with van der Waals surface area (Å²) in [7, 11) is -0.798. The summed E-state index contributed by atoms with van der Waals surface area (Å²) in [5, 5.41) is 1.15. The lowest BCUT2D eigenvalue weighted by atomic mass is 10.1. The summed E-state index contributed by atoms with van der Waals surface area (Å²) >= 11 is 0. The third-order valence-electron chi connectivity index (χ3n) is 3.94. The maximum atomic E-state index is 12.2. The van der Waals surface area contributed by atoms with Gasteiger partial charge in [0, 0.05) is 33.3 Å². The number of hydrogen-bond acceptors (Lipinski definition) is 2. The predicted molar refractivity (Wildman–Crippen MR) is 92.7 cm³/mol. The van der Waals surface area contributed by atoms with Gasteiger partial charge < -0.3 is 4.42 Å². The highest BCUT2D eigenvalue weighted by molar-refractivity contribution is 7.84. The molecule has 22 heavy (non-hydrogen) atoms. The lowest BCUT2D eigenvalue weighted by Gasteiger charge is -2.03. The van der Waals surface area contributed by atoms with E-state index in [2.05, 4.69) is 18.2 Å². The Kier molecular flexibility index (Phi) is 4.74. The van der Waals surface area contributed by atoms with Crippen LogP contribution in [0.4, 0.5) is 0 Å². The van der Waals surface area contributed by atoms with Crippen LogP contribution in [0.3, 0.4) is 0 Å². The van der Waals surface area contributed by atoms with Gasteiger partial charge in [0.05, 0.1) is 0 Å². The first-order chi connectivity index (χ1) is 10.7. The molecule has 0 aliphatic rings. The van der Waals surface area contributed by atoms with Crippen molar-refractivity contribution in [2.24, 2.45) is 0 Å². The highest BCUT2D eigenvalue weighted by atomic mass is 32.2. The molecule has 3 heteroatoms. The summed E-state index contributed by atoms with van der Waals surface area (Å²) in [4.78, 5) is 0. The van der Waals surface area contributed by atoms with E-state index >= 15 is 0 Å². The largest absolute Gasteiger partial charge is 0.461 e. The number of rotatable bonds is 6. The van der Waals surface area contributed by atoms with Crippen molar-refractivity contribution < 1.29 is 8.63 Å². The monoisotopic (exact) mass is 312 g/mol. The van der Waals surface area contributed by atoms with Crippen molar-refractivity contribution in [3.8, 4) is 0 Å². The first-order valence-electron chi connectivity index (χ1n) is 7.60. The summed E-state index contributed by atoms with van der Waals surface area (Å²) in [5.41, 5.74) is 3.37. The fourth-order valence-electron chi connectivity index (χ4n) is 2.73. The summed E-state index contributed by atoms with van der Waals surface area (Å²) in [6.07, 6.45) is 1.68. The Morgan fingerprint density at radius 1 is 0.909 bits per heavy atom. The fraction of sp³-hybridized carbons (Fsp3) is 0.263. The Morgan fingerprint density at radius 3 is 2.41 bits per heavy atom. The summed E-state index contributed by atoms with van der Waals surface area (Å²) in [5.74, 6) is 2.36. The standard InChI is InChI=1S/C19H20O2S/c1-15-17(18-9-5-6-10-19(18)21-15)12-14-22(20)13-11-16-7-3-2-4-8-16/h2-10H,11-14H2,1H3. The van der Waals surface area contributed by atoms with E-state index in [1.54, 1.807) is 0 Å². The van der Waals surface area contributed by atoms with Gasteiger partial charge in [0.1, 0.15) is 11.3 Å². The number of fused-ring (bicyclic) bond motifs is 1. The van der Waals surface area contributed by atoms with Gasteiger partial charge in [0.25, 0.3) is 0 Å². The first kappa shape index (κ1) is 15.0. The molecule has 0 saturated carbocycles. The molecule has 1 atom stereocenters. The number of hydrogen-bond donors (Lipinski definition) is 0. The molecule has 1 aromatic heterocycles. The van der Waals surface area contributed by atoms with E-state index in [-0.39, 0.29) is 0 Å². The quantitative estimate of drug-likeness (QED) is 0.680. The first-order valence-corrected chi connectivity index (χ1v) is 9.09. The molecular formula is C19H20O2S. The lowest BCUT2D eigenvalue weighted by molar-refractivity contribution is 0.573. The summed E-state index contributed by atoms with van der Waals surface area (Å²) in [6.45, 7) is 1.99. The van der Waals surface area contributed by atoms with Crippen LogP contribution >= 0.6 is 0 Å². The van der Waals surface area contributed by atoms with E-state index in [0.717, 1.165) is 35.3 Å². The molecule has 3 rings (SSSR count). The molecular weight excluding hydrogens is 292 g/mol. The lowest BCUT2D eigenvalue weighted by Crippen LogP contribution is -2.07. The second kappa shape index (κ2) is 6.93. The van der Waals surface area contributed by atoms with Gasteiger partial charge in [0.2, 0.25) is 0 Å². The molecule has 0 N–H and O–H groups in total. The van der Waals surface area contributed by atoms with Gasteiger partial charge in [-0.1, -0.05) is 48.5 Å². The van der Waals surface area contributed by atoms with Crippen molar-refractivity contribution >= 4 is 21.8 Å². The van der Waals surface area contributed by atoms with Gasteiger partial charge in [-0.05, 0) is 31.4 Å². The molecule has 0 fully saturated rings. The Morgan fingerprint density at radius 2 is 1.59 bits per heavy atom. The minimum atomic E-state index is -0.798. The van der Waals surface area contributed by atoms with Gasteiger partial charge in [0.15, 0.2) is 0 Å². The van der Waals surface area contributed by atoms with E-state index in [0.29, 0.717) is 5.75 Å². The van der Waals surface area contributed by atoms with Crippen LogP contribution in [0.2, 0.25) is 0 Å². The minimum Gasteiger partial charge on any atom is -0.461 e. The highest BCUT2D eigenvalue weighted by Gasteiger charge is 2.11. The number of benzene rings is 2. The smallest absolute Gasteiger partial charge is 0.134 e. The Balaban J connectivity index is 1.59. The molecule has 1 unspecified atom stereocenters. The zero-order valence-corrected chi connectivity index (χ0v) is 13.6. The molecule has 0 saturated heterocycles. The van der Waals surface area contributed by atoms with Gasteiger partial charge in [-0.2, -0.15) is 0 Å². The van der Waals surface area contributed by atoms with E-state index in [9.17, 15) is 4.21 Å². The second-order valence-corrected chi connectivity index (χ2v) is 7.16. The number of aryl methyl sites for hydroxylation is 3. The molecule has 1 heterocycles. The van der Waals surface area contributed by atoms with Crippen LogP contribution in [0.5, 0.6) is 0 Å². The molecule has 2 nitrogen and oxygen atoms in total. The summed E-state index contributed by atoms with van der Waals surface area (Å²) < 4.78 is 18.0. The Hall–Kier alpha value is -1.87. The van der Waals surface area contributed by atoms with Crippen LogP contribution in [0, 0.1) is 6.92 Å². The maximum Gasteiger partial charge on any atom is 0.134 e. The van der Waals surface area contributed by atoms with E-state index < -0.39 is 10.8 Å². The minimum absolute atomic E-state index is 0.692. The molecule has 114 valence electrons. The Bertz CT molecular complexity index is 774. The van der Waals surface area contributed by atoms with Gasteiger partial charge in [-0.3, -0.25) is 4.21 Å². The van der Waals surface area contributed by atoms with E-state index in [1.165, 1.54) is 11.1 Å². The van der Waals surface area contributed by atoms with Crippen molar-refractivity contribution in [2.75, 3.05) is 11.5 Å². The average molecular weight is 312 g/mol. The van der Waals surface area contributed by atoms with Crippen LogP contribution < -0.4 is 0 Å². The highest BCUT2D eigenvalue weighted by Crippen LogP contribution is 2.25. The van der Waals surface area contributed by atoms with Crippen molar-refractivity contribution in [3.63, 3.8) is 0 Å². The number of furan rings is 1. The molecule has 0 bridgehead atoms. The summed E-state index contributed by atoms with van der Waals surface area (Å²) in [6, 6.07) is 18.3. The molecule has 3 aromatic rings. The van der Waals surface area contributed by atoms with Gasteiger partial charge in [-0.25, -0.2) is 0 Å². The molecule has 0 amide bonds. The third-order valence-corrected chi connectivity index (χ3v) is 5.26. The van der Waals surface area contributed by atoms with Crippen LogP contribution in [-0.2, 0) is 23.6 Å². The Labute approximate surface area is 133 Å². The zero-order chi connectivity index (χ0) is 15.4. The van der Waals surface area contributed by atoms with Crippen molar-refractivity contribution in [3.05, 3.63) is 71.5 Å². The van der Waals surface area contributed by atoms with E-state index in [1.807, 2.05) is 43.3 Å². The van der Waals surface area contributed by atoms with Crippen molar-refractivity contribution in [1.82, 2.24) is 0 Å². The number of para-hydroxylation sites is 1. The van der Waals surface area contributed by atoms with Gasteiger partial charge in [-0.15, -0.1) is 0 Å². The van der Waals surface area contributed by atoms with Crippen molar-refractivity contribution in [1.29, 1.82) is 0 Å².